The minimum Gasteiger partial charge on any atom is -0.308 e. The van der Waals surface area contributed by atoms with Gasteiger partial charge in [0.1, 0.15) is 12.4 Å². The van der Waals surface area contributed by atoms with Crippen molar-refractivity contribution in [2.75, 3.05) is 4.90 Å². The molecule has 0 aliphatic rings. The van der Waals surface area contributed by atoms with Crippen molar-refractivity contribution >= 4 is 22.5 Å². The lowest BCUT2D eigenvalue weighted by Gasteiger charge is -2.27. The third-order valence-electron chi connectivity index (χ3n) is 4.17. The van der Waals surface area contributed by atoms with Crippen LogP contribution in [0.5, 0.6) is 0 Å². The smallest absolute Gasteiger partial charge is 0.261 e. The molecule has 3 aromatic rings. The number of nitrogens with zero attached hydrogens (tertiary/aromatic N) is 3. The van der Waals surface area contributed by atoms with Crippen LogP contribution in [0.2, 0.25) is 0 Å². The highest BCUT2D eigenvalue weighted by atomic mass is 16.2. The number of aryl methyl sites for hydroxylation is 1. The number of anilines is 1. The monoisotopic (exact) mass is 335 g/mol. The number of hydrogen-bond acceptors (Lipinski definition) is 3. The molecule has 0 atom stereocenters. The largest absolute Gasteiger partial charge is 0.308 e. The molecule has 0 bridgehead atoms. The highest BCUT2D eigenvalue weighted by Crippen LogP contribution is 2.17. The van der Waals surface area contributed by atoms with E-state index in [4.69, 9.17) is 0 Å². The highest BCUT2D eigenvalue weighted by molar-refractivity contribution is 5.93. The number of carbonyl (C=O) groups is 1. The second-order valence-electron chi connectivity index (χ2n) is 6.26. The molecular weight excluding hydrogens is 314 g/mol. The molecule has 0 aliphatic carbocycles. The molecule has 0 unspecified atom stereocenters. The van der Waals surface area contributed by atoms with Crippen molar-refractivity contribution < 1.29 is 4.79 Å². The fourth-order valence-electron chi connectivity index (χ4n) is 3.00. The van der Waals surface area contributed by atoms with E-state index in [-0.39, 0.29) is 24.1 Å². The molecule has 0 aliphatic heterocycles. The Morgan fingerprint density at radius 2 is 1.72 bits per heavy atom. The maximum atomic E-state index is 12.9. The summed E-state index contributed by atoms with van der Waals surface area (Å²) in [6.45, 7) is 5.64. The van der Waals surface area contributed by atoms with Crippen molar-refractivity contribution in [3.8, 4) is 0 Å². The van der Waals surface area contributed by atoms with E-state index in [2.05, 4.69) is 4.98 Å². The number of para-hydroxylation sites is 2. The summed E-state index contributed by atoms with van der Waals surface area (Å²) < 4.78 is 1.45. The van der Waals surface area contributed by atoms with Crippen LogP contribution in [0.1, 0.15) is 19.7 Å². The molecule has 1 amide bonds. The van der Waals surface area contributed by atoms with Crippen molar-refractivity contribution in [2.24, 2.45) is 0 Å². The Morgan fingerprint density at radius 3 is 2.40 bits per heavy atom. The summed E-state index contributed by atoms with van der Waals surface area (Å²) in [5.41, 5.74) is 1.28. The van der Waals surface area contributed by atoms with Gasteiger partial charge in [0.25, 0.3) is 5.56 Å². The van der Waals surface area contributed by atoms with E-state index in [9.17, 15) is 9.59 Å². The summed E-state index contributed by atoms with van der Waals surface area (Å²) in [6.07, 6.45) is 0. The minimum atomic E-state index is -0.187. The van der Waals surface area contributed by atoms with Crippen LogP contribution in [0.25, 0.3) is 10.9 Å². The van der Waals surface area contributed by atoms with Gasteiger partial charge in [0.15, 0.2) is 0 Å². The zero-order valence-electron chi connectivity index (χ0n) is 14.6. The molecule has 5 heteroatoms. The number of benzene rings is 2. The minimum absolute atomic E-state index is 0.0145. The second-order valence-corrected chi connectivity index (χ2v) is 6.26. The second kappa shape index (κ2) is 6.89. The Bertz CT molecular complexity index is 962. The predicted octanol–water partition coefficient (Wildman–Crippen LogP) is 3.15. The van der Waals surface area contributed by atoms with Gasteiger partial charge in [-0.1, -0.05) is 30.3 Å². The van der Waals surface area contributed by atoms with Gasteiger partial charge in [-0.2, -0.15) is 0 Å². The average molecular weight is 335 g/mol. The lowest BCUT2D eigenvalue weighted by molar-refractivity contribution is -0.119. The van der Waals surface area contributed by atoms with Gasteiger partial charge in [0.05, 0.1) is 10.9 Å². The quantitative estimate of drug-likeness (QED) is 0.736. The number of aromatic nitrogens is 2. The molecular formula is C20H21N3O2. The molecule has 1 heterocycles. The third-order valence-corrected chi connectivity index (χ3v) is 4.17. The van der Waals surface area contributed by atoms with Gasteiger partial charge in [-0.05, 0) is 45.0 Å². The Kier molecular flexibility index (Phi) is 4.65. The van der Waals surface area contributed by atoms with Crippen LogP contribution >= 0.6 is 0 Å². The lowest BCUT2D eigenvalue weighted by atomic mass is 10.2. The van der Waals surface area contributed by atoms with Crippen LogP contribution in [0, 0.1) is 6.92 Å². The molecule has 25 heavy (non-hydrogen) atoms. The lowest BCUT2D eigenvalue weighted by Crippen LogP contribution is -2.41. The van der Waals surface area contributed by atoms with E-state index >= 15 is 0 Å². The zero-order chi connectivity index (χ0) is 18.0. The molecule has 0 spiro atoms. The van der Waals surface area contributed by atoms with Crippen molar-refractivity contribution in [2.45, 2.75) is 33.4 Å². The summed E-state index contributed by atoms with van der Waals surface area (Å²) >= 11 is 0. The predicted molar refractivity (Wildman–Crippen MR) is 99.8 cm³/mol. The molecule has 0 fully saturated rings. The summed E-state index contributed by atoms with van der Waals surface area (Å²) in [6, 6.07) is 16.7. The molecule has 5 nitrogen and oxygen atoms in total. The normalized spacial score (nSPS) is 11.0. The fourth-order valence-corrected chi connectivity index (χ4v) is 3.00. The molecule has 2 aromatic carbocycles. The number of carbonyl (C=O) groups excluding carboxylic acids is 1. The molecule has 128 valence electrons. The fraction of sp³-hybridized carbons (Fsp3) is 0.250. The van der Waals surface area contributed by atoms with E-state index < -0.39 is 0 Å². The maximum absolute atomic E-state index is 12.9. The standard InChI is InChI=1S/C20H21N3O2/c1-14(2)23(16-9-5-4-6-10-16)19(24)13-22-15(3)21-18-12-8-7-11-17(18)20(22)25/h4-12,14H,13H2,1-3H3. The van der Waals surface area contributed by atoms with Gasteiger partial charge in [0, 0.05) is 11.7 Å². The first kappa shape index (κ1) is 16.9. The van der Waals surface area contributed by atoms with E-state index in [1.165, 1.54) is 4.57 Å². The van der Waals surface area contributed by atoms with E-state index in [0.717, 1.165) is 5.69 Å². The van der Waals surface area contributed by atoms with Gasteiger partial charge in [0.2, 0.25) is 5.91 Å². The molecule has 3 rings (SSSR count). The average Bonchev–Trinajstić information content (AvgIpc) is 2.59. The van der Waals surface area contributed by atoms with E-state index in [1.807, 2.05) is 50.2 Å². The van der Waals surface area contributed by atoms with Crippen LogP contribution in [0.15, 0.2) is 59.4 Å². The Morgan fingerprint density at radius 1 is 1.08 bits per heavy atom. The number of rotatable bonds is 4. The van der Waals surface area contributed by atoms with Crippen molar-refractivity contribution in [1.29, 1.82) is 0 Å². The van der Waals surface area contributed by atoms with Gasteiger partial charge in [-0.25, -0.2) is 4.98 Å². The summed E-state index contributed by atoms with van der Waals surface area (Å²) in [4.78, 5) is 31.9. The van der Waals surface area contributed by atoms with Crippen LogP contribution < -0.4 is 10.5 Å². The SMILES string of the molecule is Cc1nc2ccccc2c(=O)n1CC(=O)N(c1ccccc1)C(C)C. The van der Waals surface area contributed by atoms with Crippen LogP contribution in [0.4, 0.5) is 5.69 Å². The Labute approximate surface area is 146 Å². The Hall–Kier alpha value is -2.95. The van der Waals surface area contributed by atoms with E-state index in [0.29, 0.717) is 16.7 Å². The first-order valence-electron chi connectivity index (χ1n) is 8.32. The summed E-state index contributed by atoms with van der Waals surface area (Å²) in [5, 5.41) is 0.525. The Balaban J connectivity index is 2.00. The van der Waals surface area contributed by atoms with Crippen molar-refractivity contribution in [1.82, 2.24) is 9.55 Å². The molecule has 0 radical (unpaired) electrons. The van der Waals surface area contributed by atoms with Gasteiger partial charge in [-0.15, -0.1) is 0 Å². The molecule has 1 aromatic heterocycles. The first-order valence-corrected chi connectivity index (χ1v) is 8.32. The number of hydrogen-bond donors (Lipinski definition) is 0. The topological polar surface area (TPSA) is 55.2 Å². The van der Waals surface area contributed by atoms with Crippen LogP contribution in [0.3, 0.4) is 0 Å². The van der Waals surface area contributed by atoms with Gasteiger partial charge < -0.3 is 4.90 Å². The van der Waals surface area contributed by atoms with E-state index in [1.54, 1.807) is 30.0 Å². The highest BCUT2D eigenvalue weighted by Gasteiger charge is 2.21. The summed E-state index contributed by atoms with van der Waals surface area (Å²) in [5.74, 6) is 0.400. The zero-order valence-corrected chi connectivity index (χ0v) is 14.6. The van der Waals surface area contributed by atoms with Crippen molar-refractivity contribution in [3.05, 3.63) is 70.8 Å². The molecule has 0 saturated heterocycles. The van der Waals surface area contributed by atoms with Crippen LogP contribution in [-0.4, -0.2) is 21.5 Å². The van der Waals surface area contributed by atoms with Gasteiger partial charge in [-0.3, -0.25) is 14.2 Å². The maximum Gasteiger partial charge on any atom is 0.261 e. The molecule has 0 N–H and O–H groups in total. The van der Waals surface area contributed by atoms with Crippen LogP contribution in [-0.2, 0) is 11.3 Å². The first-order chi connectivity index (χ1) is 12.0. The molecule has 0 saturated carbocycles. The van der Waals surface area contributed by atoms with Crippen molar-refractivity contribution in [3.63, 3.8) is 0 Å². The summed E-state index contributed by atoms with van der Waals surface area (Å²) in [7, 11) is 0. The number of fused-ring (bicyclic) bond motifs is 1. The third kappa shape index (κ3) is 3.31. The van der Waals surface area contributed by atoms with Gasteiger partial charge >= 0.3 is 0 Å². The number of amides is 1.